The van der Waals surface area contributed by atoms with Crippen LogP contribution < -0.4 is 15.4 Å². The van der Waals surface area contributed by atoms with Crippen molar-refractivity contribution in [2.45, 2.75) is 77.0 Å². The van der Waals surface area contributed by atoms with E-state index in [-0.39, 0.29) is 48.1 Å². The Hall–Kier alpha value is -2.94. The van der Waals surface area contributed by atoms with Crippen LogP contribution in [-0.2, 0) is 25.7 Å². The number of hydrogen-bond donors (Lipinski definition) is 2. The lowest BCUT2D eigenvalue weighted by Crippen LogP contribution is -2.50. The Morgan fingerprint density at radius 3 is 2.40 bits per heavy atom. The number of sulfonamides is 1. The first-order valence-electron chi connectivity index (χ1n) is 15.0. The van der Waals surface area contributed by atoms with Crippen LogP contribution >= 0.6 is 0 Å². The number of benzene rings is 2. The molecule has 0 unspecified atom stereocenters. The van der Waals surface area contributed by atoms with Gasteiger partial charge in [-0.1, -0.05) is 39.0 Å². The fourth-order valence-corrected chi connectivity index (χ4v) is 7.66. The van der Waals surface area contributed by atoms with Crippen LogP contribution in [0.5, 0.6) is 5.75 Å². The molecule has 0 aromatic heterocycles. The Morgan fingerprint density at radius 1 is 1.09 bits per heavy atom. The Kier molecular flexibility index (Phi) is 10.1. The van der Waals surface area contributed by atoms with E-state index >= 15 is 0 Å². The number of ether oxygens (including phenoxy) is 1. The number of halogens is 3. The lowest BCUT2D eigenvalue weighted by molar-refractivity contribution is -0.274. The van der Waals surface area contributed by atoms with Gasteiger partial charge in [-0.3, -0.25) is 9.79 Å². The summed E-state index contributed by atoms with van der Waals surface area (Å²) < 4.78 is 76.0. The molecule has 0 bridgehead atoms. The highest BCUT2D eigenvalue weighted by atomic mass is 32.2. The van der Waals surface area contributed by atoms with Crippen LogP contribution in [0.25, 0.3) is 0 Å². The number of alkyl halides is 3. The number of rotatable bonds is 11. The molecule has 45 heavy (non-hydrogen) atoms. The quantitative estimate of drug-likeness (QED) is 0.238. The SMILES string of the molecule is Cc1cc(NCCO[Si](C)(C)C(C)(C)C)ccc1CCS(=O)(=O)N1CCC2(CC1)N=C(c1cccc(OC(F)(F)F)c1)NC2=O. The van der Waals surface area contributed by atoms with Crippen molar-refractivity contribution in [3.63, 3.8) is 0 Å². The van der Waals surface area contributed by atoms with Gasteiger partial charge in [-0.25, -0.2) is 12.7 Å². The van der Waals surface area contributed by atoms with Gasteiger partial charge < -0.3 is 19.8 Å². The maximum atomic E-state index is 13.2. The zero-order valence-electron chi connectivity index (χ0n) is 26.7. The largest absolute Gasteiger partial charge is 0.573 e. The lowest BCUT2D eigenvalue weighted by Gasteiger charge is -2.36. The summed E-state index contributed by atoms with van der Waals surface area (Å²) >= 11 is 0. The smallest absolute Gasteiger partial charge is 0.415 e. The van der Waals surface area contributed by atoms with Gasteiger partial charge in [-0.2, -0.15) is 0 Å². The van der Waals surface area contributed by atoms with Crippen molar-refractivity contribution in [2.75, 3.05) is 37.3 Å². The third-order valence-corrected chi connectivity index (χ3v) is 15.3. The molecule has 1 fully saturated rings. The summed E-state index contributed by atoms with van der Waals surface area (Å²) in [5.41, 5.74) is 1.99. The highest BCUT2D eigenvalue weighted by molar-refractivity contribution is 7.89. The van der Waals surface area contributed by atoms with Crippen molar-refractivity contribution in [3.8, 4) is 5.75 Å². The van der Waals surface area contributed by atoms with Crippen molar-refractivity contribution in [3.05, 3.63) is 59.2 Å². The third kappa shape index (κ3) is 8.66. The molecular weight excluding hydrogens is 626 g/mol. The number of carbonyl (C=O) groups excluding carboxylic acids is 1. The number of carbonyl (C=O) groups is 1. The van der Waals surface area contributed by atoms with Gasteiger partial charge in [0.15, 0.2) is 8.32 Å². The number of nitrogens with zero attached hydrogens (tertiary/aromatic N) is 2. The molecule has 4 rings (SSSR count). The molecule has 0 aliphatic carbocycles. The van der Waals surface area contributed by atoms with E-state index in [9.17, 15) is 26.4 Å². The Labute approximate surface area is 264 Å². The van der Waals surface area contributed by atoms with Crippen LogP contribution in [0.15, 0.2) is 47.5 Å². The van der Waals surface area contributed by atoms with Crippen LogP contribution in [0.2, 0.25) is 18.1 Å². The molecule has 0 radical (unpaired) electrons. The molecule has 0 atom stereocenters. The number of piperidine rings is 1. The molecular formula is C31H43F3N4O5SSi. The Morgan fingerprint density at radius 2 is 1.78 bits per heavy atom. The molecule has 2 aliphatic heterocycles. The van der Waals surface area contributed by atoms with E-state index < -0.39 is 41.9 Å². The minimum atomic E-state index is -4.85. The van der Waals surface area contributed by atoms with Crippen LogP contribution in [0, 0.1) is 6.92 Å². The summed E-state index contributed by atoms with van der Waals surface area (Å²) in [6.45, 7) is 14.6. The number of amidine groups is 1. The molecule has 2 aromatic carbocycles. The molecule has 2 N–H and O–H groups in total. The van der Waals surface area contributed by atoms with Crippen LogP contribution in [-0.4, -0.2) is 76.7 Å². The van der Waals surface area contributed by atoms with Gasteiger partial charge in [0.25, 0.3) is 5.91 Å². The standard InChI is InChI=1S/C31H43F3N4O5SSi/c1-22-20-25(35-15-18-42-45(5,6)29(2,3)4)11-10-23(22)12-19-44(40,41)38-16-13-30(14-17-38)28(39)36-27(37-30)24-8-7-9-26(21-24)43-31(32,33)34/h7-11,20-21,35H,12-19H2,1-6H3,(H,36,37,39). The molecule has 1 saturated heterocycles. The Balaban J connectivity index is 1.30. The molecule has 2 aliphatic rings. The molecule has 2 aromatic rings. The van der Waals surface area contributed by atoms with Crippen molar-refractivity contribution in [2.24, 2.45) is 4.99 Å². The predicted octanol–water partition coefficient (Wildman–Crippen LogP) is 5.61. The maximum absolute atomic E-state index is 13.2. The minimum Gasteiger partial charge on any atom is -0.415 e. The number of hydrogen-bond acceptors (Lipinski definition) is 7. The Bertz CT molecular complexity index is 1530. The van der Waals surface area contributed by atoms with Crippen molar-refractivity contribution < 1.29 is 35.5 Å². The molecule has 0 saturated carbocycles. The van der Waals surface area contributed by atoms with Gasteiger partial charge >= 0.3 is 6.36 Å². The van der Waals surface area contributed by atoms with Gasteiger partial charge in [-0.15, -0.1) is 13.2 Å². The zero-order valence-corrected chi connectivity index (χ0v) is 28.5. The number of anilines is 1. The van der Waals surface area contributed by atoms with E-state index in [1.807, 2.05) is 25.1 Å². The summed E-state index contributed by atoms with van der Waals surface area (Å²) in [6, 6.07) is 11.1. The highest BCUT2D eigenvalue weighted by Gasteiger charge is 2.47. The number of aryl methyl sites for hydroxylation is 2. The monoisotopic (exact) mass is 668 g/mol. The van der Waals surface area contributed by atoms with Crippen molar-refractivity contribution >= 4 is 35.8 Å². The van der Waals surface area contributed by atoms with Crippen molar-refractivity contribution in [1.82, 2.24) is 9.62 Å². The first-order chi connectivity index (χ1) is 20.8. The van der Waals surface area contributed by atoms with E-state index in [2.05, 4.69) is 54.2 Å². The van der Waals surface area contributed by atoms with E-state index in [0.29, 0.717) is 19.6 Å². The number of aliphatic imine (C=N–C) groups is 1. The first-order valence-corrected chi connectivity index (χ1v) is 19.5. The van der Waals surface area contributed by atoms with Gasteiger partial charge in [0, 0.05) is 30.9 Å². The molecule has 1 amide bonds. The van der Waals surface area contributed by atoms with Gasteiger partial charge in [-0.05, 0) is 79.7 Å². The second kappa shape index (κ2) is 13.0. The summed E-state index contributed by atoms with van der Waals surface area (Å²) in [5.74, 6) is -0.750. The van der Waals surface area contributed by atoms with Crippen molar-refractivity contribution in [1.29, 1.82) is 0 Å². The fourth-order valence-electron chi connectivity index (χ4n) is 5.14. The van der Waals surface area contributed by atoms with E-state index in [0.717, 1.165) is 28.9 Å². The van der Waals surface area contributed by atoms with E-state index in [1.54, 1.807) is 0 Å². The van der Waals surface area contributed by atoms with Gasteiger partial charge in [0.2, 0.25) is 10.0 Å². The molecule has 248 valence electrons. The highest BCUT2D eigenvalue weighted by Crippen LogP contribution is 2.36. The summed E-state index contributed by atoms with van der Waals surface area (Å²) in [6.07, 6.45) is -4.17. The average molecular weight is 669 g/mol. The minimum absolute atomic E-state index is 0.0688. The maximum Gasteiger partial charge on any atom is 0.573 e. The van der Waals surface area contributed by atoms with Crippen LogP contribution in [0.3, 0.4) is 0 Å². The van der Waals surface area contributed by atoms with Gasteiger partial charge in [0.05, 0.1) is 12.4 Å². The number of amides is 1. The molecule has 2 heterocycles. The van der Waals surface area contributed by atoms with Crippen LogP contribution in [0.1, 0.15) is 50.3 Å². The average Bonchev–Trinajstić information content (AvgIpc) is 3.24. The van der Waals surface area contributed by atoms with Crippen LogP contribution in [0.4, 0.5) is 18.9 Å². The third-order valence-electron chi connectivity index (χ3n) is 8.94. The second-order valence-electron chi connectivity index (χ2n) is 13.2. The van der Waals surface area contributed by atoms with E-state index in [4.69, 9.17) is 4.43 Å². The van der Waals surface area contributed by atoms with E-state index in [1.165, 1.54) is 16.4 Å². The number of nitrogens with one attached hydrogen (secondary N) is 2. The zero-order chi connectivity index (χ0) is 33.3. The molecule has 1 spiro atoms. The fraction of sp³-hybridized carbons (Fsp3) is 0.548. The topological polar surface area (TPSA) is 109 Å². The second-order valence-corrected chi connectivity index (χ2v) is 20.1. The summed E-state index contributed by atoms with van der Waals surface area (Å²) in [5, 5.41) is 6.20. The lowest BCUT2D eigenvalue weighted by atomic mass is 9.89. The molecule has 14 heteroatoms. The predicted molar refractivity (Wildman–Crippen MR) is 172 cm³/mol. The first kappa shape index (κ1) is 34.9. The summed E-state index contributed by atoms with van der Waals surface area (Å²) in [4.78, 5) is 17.5. The normalized spacial score (nSPS) is 17.7. The molecule has 9 nitrogen and oxygen atoms in total. The summed E-state index contributed by atoms with van der Waals surface area (Å²) in [7, 11) is -5.41. The van der Waals surface area contributed by atoms with Gasteiger partial charge in [0.1, 0.15) is 17.1 Å².